The molecular weight excluding hydrogens is 188 g/mol. The van der Waals surface area contributed by atoms with E-state index in [1.807, 2.05) is 6.19 Å². The zero-order valence-corrected chi connectivity index (χ0v) is 9.02. The van der Waals surface area contributed by atoms with Crippen molar-refractivity contribution in [1.29, 1.82) is 5.26 Å². The number of piperidine rings is 1. The zero-order chi connectivity index (χ0) is 10.5. The maximum Gasteiger partial charge on any atom is 0.212 e. The molecule has 0 saturated carbocycles. The van der Waals surface area contributed by atoms with Gasteiger partial charge in [0.05, 0.1) is 0 Å². The van der Waals surface area contributed by atoms with Crippen LogP contribution >= 0.6 is 0 Å². The van der Waals surface area contributed by atoms with E-state index in [-0.39, 0.29) is 0 Å². The Balaban J connectivity index is 2.04. The Morgan fingerprint density at radius 2 is 1.87 bits per heavy atom. The second-order valence-corrected chi connectivity index (χ2v) is 4.08. The quantitative estimate of drug-likeness (QED) is 0.339. The van der Waals surface area contributed by atoms with Crippen molar-refractivity contribution in [3.8, 4) is 6.19 Å². The molecule has 81 valence electrons. The fourth-order valence-electron chi connectivity index (χ4n) is 2.25. The number of aliphatic imine (C=N–C) groups is 1. The van der Waals surface area contributed by atoms with Gasteiger partial charge in [-0.15, -0.1) is 4.99 Å². The van der Waals surface area contributed by atoms with Crippen LogP contribution in [0, 0.1) is 17.9 Å². The van der Waals surface area contributed by atoms with Gasteiger partial charge in [0.2, 0.25) is 12.2 Å². The summed E-state index contributed by atoms with van der Waals surface area (Å²) < 4.78 is 0. The van der Waals surface area contributed by atoms with Gasteiger partial charge in [-0.1, -0.05) is 0 Å². The second-order valence-electron chi connectivity index (χ2n) is 4.08. The van der Waals surface area contributed by atoms with Crippen LogP contribution < -0.4 is 0 Å². The fourth-order valence-corrected chi connectivity index (χ4v) is 2.25. The third-order valence-electron chi connectivity index (χ3n) is 3.01. The lowest BCUT2D eigenvalue weighted by atomic mass is 10.1. The molecule has 0 aromatic rings. The van der Waals surface area contributed by atoms with Gasteiger partial charge in [0.25, 0.3) is 0 Å². The first kappa shape index (κ1) is 10.3. The maximum absolute atomic E-state index is 8.73. The largest absolute Gasteiger partial charge is 0.342 e. The molecule has 4 nitrogen and oxygen atoms in total. The van der Waals surface area contributed by atoms with Gasteiger partial charge >= 0.3 is 0 Å². The predicted molar refractivity (Wildman–Crippen MR) is 59.0 cm³/mol. The van der Waals surface area contributed by atoms with Crippen LogP contribution in [0.1, 0.15) is 25.7 Å². The summed E-state index contributed by atoms with van der Waals surface area (Å²) >= 11 is 0. The van der Waals surface area contributed by atoms with Gasteiger partial charge in [0, 0.05) is 26.2 Å². The van der Waals surface area contributed by atoms with Crippen molar-refractivity contribution in [2.45, 2.75) is 25.7 Å². The smallest absolute Gasteiger partial charge is 0.212 e. The van der Waals surface area contributed by atoms with Crippen molar-refractivity contribution >= 4 is 5.96 Å². The highest BCUT2D eigenvalue weighted by molar-refractivity contribution is 5.81. The van der Waals surface area contributed by atoms with Crippen LogP contribution in [0.2, 0.25) is 0 Å². The van der Waals surface area contributed by atoms with Crippen LogP contribution in [0.15, 0.2) is 4.99 Å². The standard InChI is InChI=1S/C11H17N4/c12-10-13-11(15-8-4-5-9-15)14-6-2-1-3-7-14/h2H,1,3-9H2. The Morgan fingerprint density at radius 3 is 2.47 bits per heavy atom. The van der Waals surface area contributed by atoms with Crippen molar-refractivity contribution in [3.63, 3.8) is 0 Å². The summed E-state index contributed by atoms with van der Waals surface area (Å²) in [5.41, 5.74) is 0. The van der Waals surface area contributed by atoms with Crippen LogP contribution in [0.4, 0.5) is 0 Å². The average molecular weight is 205 g/mol. The van der Waals surface area contributed by atoms with E-state index in [2.05, 4.69) is 21.2 Å². The van der Waals surface area contributed by atoms with E-state index >= 15 is 0 Å². The third-order valence-corrected chi connectivity index (χ3v) is 3.01. The molecule has 0 atom stereocenters. The summed E-state index contributed by atoms with van der Waals surface area (Å²) in [6.07, 6.45) is 9.02. The molecule has 0 bridgehead atoms. The molecule has 1 radical (unpaired) electrons. The molecule has 2 heterocycles. The minimum Gasteiger partial charge on any atom is -0.342 e. The topological polar surface area (TPSA) is 42.6 Å². The molecule has 0 aromatic heterocycles. The van der Waals surface area contributed by atoms with Gasteiger partial charge in [-0.3, -0.25) is 0 Å². The first-order valence-electron chi connectivity index (χ1n) is 5.70. The van der Waals surface area contributed by atoms with Gasteiger partial charge in [0.1, 0.15) is 0 Å². The van der Waals surface area contributed by atoms with E-state index in [4.69, 9.17) is 5.26 Å². The lowest BCUT2D eigenvalue weighted by molar-refractivity contribution is 0.332. The summed E-state index contributed by atoms with van der Waals surface area (Å²) in [7, 11) is 0. The Bertz CT molecular complexity index is 267. The highest BCUT2D eigenvalue weighted by atomic mass is 15.4. The van der Waals surface area contributed by atoms with E-state index in [1.165, 1.54) is 25.7 Å². The van der Waals surface area contributed by atoms with Crippen molar-refractivity contribution in [2.24, 2.45) is 4.99 Å². The molecule has 0 unspecified atom stereocenters. The van der Waals surface area contributed by atoms with Crippen molar-refractivity contribution in [3.05, 3.63) is 6.42 Å². The van der Waals surface area contributed by atoms with Crippen molar-refractivity contribution in [1.82, 2.24) is 9.80 Å². The first-order chi connectivity index (χ1) is 7.42. The molecule has 2 aliphatic rings. The monoisotopic (exact) mass is 205 g/mol. The number of likely N-dealkylation sites (tertiary alicyclic amines) is 2. The van der Waals surface area contributed by atoms with Gasteiger partial charge in [-0.2, -0.15) is 5.26 Å². The predicted octanol–water partition coefficient (Wildman–Crippen LogP) is 1.22. The number of hydrogen-bond acceptors (Lipinski definition) is 2. The van der Waals surface area contributed by atoms with Crippen LogP contribution in [-0.2, 0) is 0 Å². The Labute approximate surface area is 91.2 Å². The molecule has 4 heteroatoms. The zero-order valence-electron chi connectivity index (χ0n) is 9.02. The van der Waals surface area contributed by atoms with E-state index in [0.29, 0.717) is 0 Å². The molecule has 0 aliphatic carbocycles. The fraction of sp³-hybridized carbons (Fsp3) is 0.727. The third kappa shape index (κ3) is 2.41. The van der Waals surface area contributed by atoms with E-state index in [9.17, 15) is 0 Å². The van der Waals surface area contributed by atoms with E-state index < -0.39 is 0 Å². The molecule has 2 fully saturated rings. The highest BCUT2D eigenvalue weighted by Crippen LogP contribution is 2.15. The number of hydrogen-bond donors (Lipinski definition) is 0. The molecule has 0 amide bonds. The summed E-state index contributed by atoms with van der Waals surface area (Å²) in [5, 5.41) is 8.73. The Morgan fingerprint density at radius 1 is 1.13 bits per heavy atom. The van der Waals surface area contributed by atoms with Crippen LogP contribution in [-0.4, -0.2) is 41.9 Å². The average Bonchev–Trinajstić information content (AvgIpc) is 2.80. The number of guanidine groups is 1. The number of rotatable bonds is 0. The summed E-state index contributed by atoms with van der Waals surface area (Å²) in [6, 6.07) is 0. The first-order valence-corrected chi connectivity index (χ1v) is 5.70. The number of nitriles is 1. The molecular formula is C11H17N4. The van der Waals surface area contributed by atoms with Gasteiger partial charge < -0.3 is 9.80 Å². The van der Waals surface area contributed by atoms with Gasteiger partial charge in [-0.05, 0) is 32.1 Å². The summed E-state index contributed by atoms with van der Waals surface area (Å²) in [6.45, 7) is 4.08. The molecule has 15 heavy (non-hydrogen) atoms. The summed E-state index contributed by atoms with van der Waals surface area (Å²) in [4.78, 5) is 8.44. The van der Waals surface area contributed by atoms with Crippen molar-refractivity contribution < 1.29 is 0 Å². The molecule has 2 rings (SSSR count). The van der Waals surface area contributed by atoms with E-state index in [1.54, 1.807) is 0 Å². The van der Waals surface area contributed by atoms with Gasteiger partial charge in [-0.25, -0.2) is 0 Å². The number of nitrogens with zero attached hydrogens (tertiary/aromatic N) is 4. The molecule has 2 saturated heterocycles. The lowest BCUT2D eigenvalue weighted by Crippen LogP contribution is -2.45. The van der Waals surface area contributed by atoms with Crippen LogP contribution in [0.5, 0.6) is 0 Å². The van der Waals surface area contributed by atoms with Crippen LogP contribution in [0.25, 0.3) is 0 Å². The second kappa shape index (κ2) is 5.01. The molecule has 0 spiro atoms. The van der Waals surface area contributed by atoms with E-state index in [0.717, 1.165) is 32.1 Å². The van der Waals surface area contributed by atoms with Gasteiger partial charge in [0.15, 0.2) is 0 Å². The maximum atomic E-state index is 8.73. The Kier molecular flexibility index (Phi) is 3.44. The summed E-state index contributed by atoms with van der Waals surface area (Å²) in [5.74, 6) is 0.894. The molecule has 0 N–H and O–H groups in total. The normalized spacial score (nSPS) is 23.0. The molecule has 2 aliphatic heterocycles. The Hall–Kier alpha value is -1.24. The SMILES string of the molecule is N#CN=C(N1C[CH]CCC1)N1CCCC1. The lowest BCUT2D eigenvalue weighted by Gasteiger charge is -2.33. The van der Waals surface area contributed by atoms with Crippen LogP contribution in [0.3, 0.4) is 0 Å². The minimum absolute atomic E-state index is 0.894. The minimum atomic E-state index is 0.894. The molecule has 0 aromatic carbocycles. The van der Waals surface area contributed by atoms with Crippen molar-refractivity contribution in [2.75, 3.05) is 26.2 Å². The highest BCUT2D eigenvalue weighted by Gasteiger charge is 2.23.